The highest BCUT2D eigenvalue weighted by Gasteiger charge is 2.17. The average Bonchev–Trinajstić information content (AvgIpc) is 2.78. The van der Waals surface area contributed by atoms with Gasteiger partial charge in [-0.1, -0.05) is 6.07 Å². The summed E-state index contributed by atoms with van der Waals surface area (Å²) in [6.45, 7) is 1.24. The molecule has 0 saturated heterocycles. The zero-order chi connectivity index (χ0) is 14.7. The summed E-state index contributed by atoms with van der Waals surface area (Å²) >= 11 is 0. The summed E-state index contributed by atoms with van der Waals surface area (Å²) in [5.74, 6) is 1.75. The van der Waals surface area contributed by atoms with Crippen LogP contribution in [0.25, 0.3) is 0 Å². The second-order valence-corrected chi connectivity index (χ2v) is 4.64. The highest BCUT2D eigenvalue weighted by molar-refractivity contribution is 5.45. The summed E-state index contributed by atoms with van der Waals surface area (Å²) in [5.41, 5.74) is 1.15. The summed E-state index contributed by atoms with van der Waals surface area (Å²) in [6.07, 6.45) is 1.33. The van der Waals surface area contributed by atoms with Crippen LogP contribution >= 0.6 is 0 Å². The molecule has 0 spiro atoms. The van der Waals surface area contributed by atoms with Crippen molar-refractivity contribution in [2.45, 2.75) is 12.5 Å². The predicted octanol–water partition coefficient (Wildman–Crippen LogP) is 1.73. The molecule has 6 nitrogen and oxygen atoms in total. The molecule has 0 aliphatic carbocycles. The molecule has 0 saturated carbocycles. The molecule has 110 valence electrons. The fourth-order valence-electron chi connectivity index (χ4n) is 2.14. The molecule has 21 heavy (non-hydrogen) atoms. The van der Waals surface area contributed by atoms with E-state index in [0.717, 1.165) is 6.42 Å². The molecule has 0 amide bonds. The maximum Gasteiger partial charge on any atom is 0.216 e. The largest absolute Gasteiger partial charge is 0.490 e. The summed E-state index contributed by atoms with van der Waals surface area (Å²) in [6, 6.07) is 6.98. The lowest BCUT2D eigenvalue weighted by atomic mass is 10.1. The third kappa shape index (κ3) is 2.90. The fraction of sp³-hybridized carbons (Fsp3) is 0.333. The van der Waals surface area contributed by atoms with Gasteiger partial charge in [-0.3, -0.25) is 0 Å². The number of rotatable bonds is 3. The van der Waals surface area contributed by atoms with Gasteiger partial charge in [0.05, 0.1) is 26.0 Å². The van der Waals surface area contributed by atoms with Crippen LogP contribution in [0.15, 0.2) is 30.6 Å². The van der Waals surface area contributed by atoms with Crippen LogP contribution in [-0.2, 0) is 0 Å². The van der Waals surface area contributed by atoms with E-state index in [1.54, 1.807) is 24.3 Å². The minimum atomic E-state index is -0.876. The molecule has 2 heterocycles. The van der Waals surface area contributed by atoms with Crippen molar-refractivity contribution in [3.63, 3.8) is 0 Å². The molecule has 6 heteroatoms. The van der Waals surface area contributed by atoms with Gasteiger partial charge in [-0.2, -0.15) is 0 Å². The Bertz CT molecular complexity index is 633. The second-order valence-electron chi connectivity index (χ2n) is 4.64. The van der Waals surface area contributed by atoms with Crippen molar-refractivity contribution in [2.24, 2.45) is 0 Å². The standard InChI is InChI=1S/C15H16N2O4/c1-19-14-8-11(16-9-17-14)15(18)10-3-4-12-13(7-10)21-6-2-5-20-12/h3-4,7-9,15,18H,2,5-6H2,1H3. The average molecular weight is 288 g/mol. The van der Waals surface area contributed by atoms with Gasteiger partial charge in [0, 0.05) is 12.5 Å². The Morgan fingerprint density at radius 1 is 1.14 bits per heavy atom. The Hall–Kier alpha value is -2.34. The number of methoxy groups -OCH3 is 1. The molecular formula is C15H16N2O4. The number of nitrogens with zero attached hydrogens (tertiary/aromatic N) is 2. The van der Waals surface area contributed by atoms with Crippen LogP contribution in [0, 0.1) is 0 Å². The molecule has 0 bridgehead atoms. The van der Waals surface area contributed by atoms with Crippen LogP contribution < -0.4 is 14.2 Å². The van der Waals surface area contributed by atoms with Gasteiger partial charge in [0.25, 0.3) is 0 Å². The van der Waals surface area contributed by atoms with Crippen molar-refractivity contribution in [3.8, 4) is 17.4 Å². The molecule has 1 unspecified atom stereocenters. The number of hydrogen-bond acceptors (Lipinski definition) is 6. The number of fused-ring (bicyclic) bond motifs is 1. The number of aliphatic hydroxyl groups excluding tert-OH is 1. The number of aliphatic hydroxyl groups is 1. The second kappa shape index (κ2) is 5.97. The van der Waals surface area contributed by atoms with Crippen molar-refractivity contribution in [2.75, 3.05) is 20.3 Å². The fourth-order valence-corrected chi connectivity index (χ4v) is 2.14. The van der Waals surface area contributed by atoms with E-state index in [-0.39, 0.29) is 0 Å². The highest BCUT2D eigenvalue weighted by atomic mass is 16.5. The van der Waals surface area contributed by atoms with Gasteiger partial charge < -0.3 is 19.3 Å². The highest BCUT2D eigenvalue weighted by Crippen LogP contribution is 2.33. The first-order valence-corrected chi connectivity index (χ1v) is 6.71. The van der Waals surface area contributed by atoms with Crippen molar-refractivity contribution in [1.82, 2.24) is 9.97 Å². The quantitative estimate of drug-likeness (QED) is 0.927. The van der Waals surface area contributed by atoms with Gasteiger partial charge >= 0.3 is 0 Å². The molecule has 1 atom stereocenters. The third-order valence-electron chi connectivity index (χ3n) is 3.24. The Kier molecular flexibility index (Phi) is 3.87. The lowest BCUT2D eigenvalue weighted by Crippen LogP contribution is -2.04. The molecule has 0 fully saturated rings. The van der Waals surface area contributed by atoms with E-state index < -0.39 is 6.10 Å². The van der Waals surface area contributed by atoms with E-state index in [0.29, 0.717) is 41.9 Å². The summed E-state index contributed by atoms with van der Waals surface area (Å²) in [4.78, 5) is 8.01. The third-order valence-corrected chi connectivity index (χ3v) is 3.24. The van der Waals surface area contributed by atoms with Crippen LogP contribution in [0.1, 0.15) is 23.8 Å². The van der Waals surface area contributed by atoms with E-state index in [1.165, 1.54) is 13.4 Å². The Morgan fingerprint density at radius 2 is 1.95 bits per heavy atom. The maximum atomic E-state index is 10.4. The number of benzene rings is 1. The smallest absolute Gasteiger partial charge is 0.216 e. The molecule has 1 N–H and O–H groups in total. The van der Waals surface area contributed by atoms with Crippen LogP contribution in [0.4, 0.5) is 0 Å². The van der Waals surface area contributed by atoms with E-state index in [9.17, 15) is 5.11 Å². The number of aromatic nitrogens is 2. The first-order valence-electron chi connectivity index (χ1n) is 6.71. The summed E-state index contributed by atoms with van der Waals surface area (Å²) in [5, 5.41) is 10.4. The van der Waals surface area contributed by atoms with Crippen molar-refractivity contribution in [1.29, 1.82) is 0 Å². The zero-order valence-electron chi connectivity index (χ0n) is 11.7. The van der Waals surface area contributed by atoms with Gasteiger partial charge in [-0.05, 0) is 17.7 Å². The van der Waals surface area contributed by atoms with Crippen LogP contribution in [0.5, 0.6) is 17.4 Å². The topological polar surface area (TPSA) is 73.7 Å². The van der Waals surface area contributed by atoms with Gasteiger partial charge in [-0.15, -0.1) is 0 Å². The first kappa shape index (κ1) is 13.6. The Morgan fingerprint density at radius 3 is 2.76 bits per heavy atom. The summed E-state index contributed by atoms with van der Waals surface area (Å²) < 4.78 is 16.2. The molecule has 2 aromatic rings. The first-order chi connectivity index (χ1) is 10.3. The lowest BCUT2D eigenvalue weighted by Gasteiger charge is -2.14. The molecule has 1 aliphatic heterocycles. The van der Waals surface area contributed by atoms with E-state index in [1.807, 2.05) is 0 Å². The molecule has 0 radical (unpaired) electrons. The van der Waals surface area contributed by atoms with E-state index >= 15 is 0 Å². The minimum Gasteiger partial charge on any atom is -0.490 e. The SMILES string of the molecule is COc1cc(C(O)c2ccc3c(c2)OCCCO3)ncn1. The van der Waals surface area contributed by atoms with Crippen LogP contribution in [0.2, 0.25) is 0 Å². The molecule has 1 aliphatic rings. The molecular weight excluding hydrogens is 272 g/mol. The van der Waals surface area contributed by atoms with Crippen molar-refractivity contribution >= 4 is 0 Å². The van der Waals surface area contributed by atoms with Gasteiger partial charge in [0.1, 0.15) is 12.4 Å². The van der Waals surface area contributed by atoms with E-state index in [2.05, 4.69) is 9.97 Å². The van der Waals surface area contributed by atoms with Crippen molar-refractivity contribution < 1.29 is 19.3 Å². The molecule has 1 aromatic carbocycles. The molecule has 1 aromatic heterocycles. The van der Waals surface area contributed by atoms with Crippen LogP contribution in [0.3, 0.4) is 0 Å². The maximum absolute atomic E-state index is 10.4. The Balaban J connectivity index is 1.90. The van der Waals surface area contributed by atoms with Gasteiger partial charge in [-0.25, -0.2) is 9.97 Å². The predicted molar refractivity (Wildman–Crippen MR) is 74.7 cm³/mol. The van der Waals surface area contributed by atoms with Gasteiger partial charge in [0.15, 0.2) is 11.5 Å². The zero-order valence-corrected chi connectivity index (χ0v) is 11.7. The minimum absolute atomic E-state index is 0.411. The monoisotopic (exact) mass is 288 g/mol. The van der Waals surface area contributed by atoms with Crippen LogP contribution in [-0.4, -0.2) is 35.4 Å². The van der Waals surface area contributed by atoms with Crippen molar-refractivity contribution in [3.05, 3.63) is 41.9 Å². The number of hydrogen-bond donors (Lipinski definition) is 1. The Labute approximate surface area is 122 Å². The number of ether oxygens (including phenoxy) is 3. The van der Waals surface area contributed by atoms with Gasteiger partial charge in [0.2, 0.25) is 5.88 Å². The van der Waals surface area contributed by atoms with E-state index in [4.69, 9.17) is 14.2 Å². The summed E-state index contributed by atoms with van der Waals surface area (Å²) in [7, 11) is 1.52. The molecule has 3 rings (SSSR count). The normalized spacial score (nSPS) is 15.1. The lowest BCUT2D eigenvalue weighted by molar-refractivity contribution is 0.213.